The minimum Gasteiger partial charge on any atom is -0.390 e. The zero-order valence-corrected chi connectivity index (χ0v) is 14.9. The quantitative estimate of drug-likeness (QED) is 0.467. The van der Waals surface area contributed by atoms with E-state index in [1.54, 1.807) is 0 Å². The van der Waals surface area contributed by atoms with Gasteiger partial charge in [-0.3, -0.25) is 29.8 Å². The molecule has 9 heteroatoms. The third kappa shape index (κ3) is 2.19. The average Bonchev–Trinajstić information content (AvgIpc) is 3.31. The van der Waals surface area contributed by atoms with E-state index in [1.807, 2.05) is 6.20 Å². The number of nitrogens with one attached hydrogen (secondary N) is 4. The van der Waals surface area contributed by atoms with Crippen molar-refractivity contribution < 1.29 is 23.6 Å². The normalized spacial score (nSPS) is 37.1. The molecule has 2 fully saturated rings. The molecule has 0 aromatic carbocycles. The van der Waals surface area contributed by atoms with Gasteiger partial charge in [0, 0.05) is 37.0 Å². The highest BCUT2D eigenvalue weighted by Gasteiger charge is 2.60. The minimum absolute atomic E-state index is 0.0312. The first-order valence-electron chi connectivity index (χ1n) is 9.37. The van der Waals surface area contributed by atoms with Crippen molar-refractivity contribution in [1.29, 1.82) is 0 Å². The molecule has 0 spiro atoms. The van der Waals surface area contributed by atoms with Crippen LogP contribution >= 0.6 is 0 Å². The van der Waals surface area contributed by atoms with Crippen LogP contribution in [0.25, 0.3) is 0 Å². The van der Waals surface area contributed by atoms with Crippen LogP contribution in [-0.2, 0) is 19.2 Å². The van der Waals surface area contributed by atoms with E-state index < -0.39 is 40.9 Å². The highest BCUT2D eigenvalue weighted by Crippen LogP contribution is 2.55. The average molecular weight is 386 g/mol. The number of imide groups is 2. The van der Waals surface area contributed by atoms with Gasteiger partial charge in [-0.25, -0.2) is 4.39 Å². The van der Waals surface area contributed by atoms with Crippen LogP contribution in [0.1, 0.15) is 19.3 Å². The number of carbonyl (C=O) groups excluding carboxylic acids is 4. The summed E-state index contributed by atoms with van der Waals surface area (Å²) in [4.78, 5) is 48.8. The maximum Gasteiger partial charge on any atom is 0.258 e. The minimum atomic E-state index is -1.34. The molecule has 5 rings (SSSR count). The third-order valence-electron chi connectivity index (χ3n) is 6.70. The van der Waals surface area contributed by atoms with Crippen molar-refractivity contribution in [2.45, 2.75) is 25.3 Å². The lowest BCUT2D eigenvalue weighted by Gasteiger charge is -2.47. The number of halogens is 1. The van der Waals surface area contributed by atoms with Crippen molar-refractivity contribution in [1.82, 2.24) is 21.3 Å². The number of piperidine rings is 1. The van der Waals surface area contributed by atoms with E-state index in [0.717, 1.165) is 11.6 Å². The summed E-state index contributed by atoms with van der Waals surface area (Å²) in [7, 11) is 0. The molecule has 4 amide bonds. The van der Waals surface area contributed by atoms with Crippen molar-refractivity contribution in [2.75, 3.05) is 13.1 Å². The fraction of sp³-hybridized carbons (Fsp3) is 0.474. The van der Waals surface area contributed by atoms with Crippen LogP contribution in [0, 0.1) is 17.3 Å². The Morgan fingerprint density at radius 1 is 1.11 bits per heavy atom. The molecule has 0 aromatic heterocycles. The van der Waals surface area contributed by atoms with E-state index in [4.69, 9.17) is 0 Å². The van der Waals surface area contributed by atoms with Crippen LogP contribution < -0.4 is 21.3 Å². The van der Waals surface area contributed by atoms with Crippen molar-refractivity contribution in [2.24, 2.45) is 17.3 Å². The summed E-state index contributed by atoms with van der Waals surface area (Å²) in [6, 6.07) is -0.438. The van der Waals surface area contributed by atoms with Gasteiger partial charge in [-0.05, 0) is 30.7 Å². The summed E-state index contributed by atoms with van der Waals surface area (Å²) >= 11 is 0. The van der Waals surface area contributed by atoms with Gasteiger partial charge >= 0.3 is 0 Å². The highest BCUT2D eigenvalue weighted by atomic mass is 19.1. The van der Waals surface area contributed by atoms with Crippen LogP contribution in [0.3, 0.4) is 0 Å². The molecule has 8 nitrogen and oxygen atoms in total. The van der Waals surface area contributed by atoms with E-state index >= 15 is 4.39 Å². The lowest BCUT2D eigenvalue weighted by Crippen LogP contribution is -2.58. The summed E-state index contributed by atoms with van der Waals surface area (Å²) in [6.07, 6.45) is 3.25. The zero-order chi connectivity index (χ0) is 19.6. The Morgan fingerprint density at radius 3 is 2.71 bits per heavy atom. The van der Waals surface area contributed by atoms with Crippen molar-refractivity contribution in [3.63, 3.8) is 0 Å². The largest absolute Gasteiger partial charge is 0.390 e. The topological polar surface area (TPSA) is 116 Å². The number of carbonyl (C=O) groups is 4. The van der Waals surface area contributed by atoms with Crippen molar-refractivity contribution in [3.8, 4) is 0 Å². The third-order valence-corrected chi connectivity index (χ3v) is 6.70. The summed E-state index contributed by atoms with van der Waals surface area (Å²) < 4.78 is 15.8. The molecule has 4 N–H and O–H groups in total. The maximum atomic E-state index is 15.8. The molecular weight excluding hydrogens is 367 g/mol. The summed E-state index contributed by atoms with van der Waals surface area (Å²) in [5, 5.41) is 11.0. The summed E-state index contributed by atoms with van der Waals surface area (Å²) in [5.74, 6) is -3.51. The van der Waals surface area contributed by atoms with Gasteiger partial charge in [0.25, 0.3) is 11.8 Å². The smallest absolute Gasteiger partial charge is 0.258 e. The number of amides is 4. The van der Waals surface area contributed by atoms with Crippen LogP contribution in [-0.4, -0.2) is 42.8 Å². The lowest BCUT2D eigenvalue weighted by atomic mass is 9.58. The number of fused-ring (bicyclic) bond motifs is 1. The Labute approximate surface area is 159 Å². The van der Waals surface area contributed by atoms with E-state index in [9.17, 15) is 19.2 Å². The molecule has 0 aromatic rings. The van der Waals surface area contributed by atoms with Crippen LogP contribution in [0.2, 0.25) is 0 Å². The van der Waals surface area contributed by atoms with Crippen LogP contribution in [0.5, 0.6) is 0 Å². The molecule has 146 valence electrons. The molecule has 0 saturated carbocycles. The molecule has 2 saturated heterocycles. The first-order chi connectivity index (χ1) is 13.4. The first kappa shape index (κ1) is 17.3. The number of hydrogen-bond acceptors (Lipinski definition) is 6. The van der Waals surface area contributed by atoms with Gasteiger partial charge in [0.2, 0.25) is 11.8 Å². The molecule has 4 aliphatic heterocycles. The SMILES string of the molecule is O=C1CCC(C2(C3NCC4=CNCC43)CC3=C(C=C2F)C(=O)NC3=O)C(=O)N1. The van der Waals surface area contributed by atoms with Gasteiger partial charge in [0.1, 0.15) is 5.83 Å². The Kier molecular flexibility index (Phi) is 3.61. The van der Waals surface area contributed by atoms with E-state index in [0.29, 0.717) is 13.1 Å². The monoisotopic (exact) mass is 386 g/mol. The Hall–Kier alpha value is -2.81. The summed E-state index contributed by atoms with van der Waals surface area (Å²) in [6.45, 7) is 1.16. The number of hydrogen-bond donors (Lipinski definition) is 4. The fourth-order valence-corrected chi connectivity index (χ4v) is 5.40. The maximum absolute atomic E-state index is 15.8. The van der Waals surface area contributed by atoms with Gasteiger partial charge in [0.05, 0.1) is 16.9 Å². The molecule has 4 unspecified atom stereocenters. The molecule has 0 radical (unpaired) electrons. The molecule has 4 atom stereocenters. The summed E-state index contributed by atoms with van der Waals surface area (Å²) in [5.41, 5.74) is -0.00101. The second-order valence-electron chi connectivity index (χ2n) is 7.98. The standard InChI is InChI=1S/C19H19FN4O4/c20-13-3-9-10(17(27)24-16(9)26)4-19(13,12-1-2-14(25)23-18(12)28)15-11-7-21-5-8(11)6-22-15/h3,5,11-12,15,21-22H,1-2,4,6-7H2,(H,23,25,28)(H,24,26,27). The van der Waals surface area contributed by atoms with Gasteiger partial charge in [-0.15, -0.1) is 0 Å². The Bertz CT molecular complexity index is 936. The van der Waals surface area contributed by atoms with Crippen LogP contribution in [0.4, 0.5) is 4.39 Å². The number of rotatable bonds is 2. The fourth-order valence-electron chi connectivity index (χ4n) is 5.40. The second kappa shape index (κ2) is 5.84. The van der Waals surface area contributed by atoms with Gasteiger partial charge in [-0.1, -0.05) is 0 Å². The molecular formula is C19H19FN4O4. The molecule has 5 aliphatic rings. The highest BCUT2D eigenvalue weighted by molar-refractivity contribution is 6.21. The zero-order valence-electron chi connectivity index (χ0n) is 14.9. The Balaban J connectivity index is 1.64. The van der Waals surface area contributed by atoms with E-state index in [1.165, 1.54) is 0 Å². The molecule has 1 aliphatic carbocycles. The Morgan fingerprint density at radius 2 is 1.93 bits per heavy atom. The molecule has 4 heterocycles. The van der Waals surface area contributed by atoms with E-state index in [-0.39, 0.29) is 42.2 Å². The lowest BCUT2D eigenvalue weighted by molar-refractivity contribution is -0.141. The second-order valence-corrected chi connectivity index (χ2v) is 7.98. The van der Waals surface area contributed by atoms with Crippen LogP contribution in [0.15, 0.2) is 34.8 Å². The van der Waals surface area contributed by atoms with Gasteiger partial charge in [0.15, 0.2) is 0 Å². The molecule has 0 bridgehead atoms. The van der Waals surface area contributed by atoms with Gasteiger partial charge < -0.3 is 10.6 Å². The van der Waals surface area contributed by atoms with E-state index in [2.05, 4.69) is 21.3 Å². The predicted octanol–water partition coefficient (Wildman–Crippen LogP) is -0.689. The van der Waals surface area contributed by atoms with Crippen molar-refractivity contribution >= 4 is 23.6 Å². The molecule has 28 heavy (non-hydrogen) atoms. The predicted molar refractivity (Wildman–Crippen MR) is 93.7 cm³/mol. The van der Waals surface area contributed by atoms with Gasteiger partial charge in [-0.2, -0.15) is 0 Å². The van der Waals surface area contributed by atoms with Crippen molar-refractivity contribution in [3.05, 3.63) is 34.8 Å². The first-order valence-corrected chi connectivity index (χ1v) is 9.37.